The topological polar surface area (TPSA) is 81.8 Å². The summed E-state index contributed by atoms with van der Waals surface area (Å²) in [7, 11) is 0. The number of hydrogen-bond acceptors (Lipinski definition) is 5. The summed E-state index contributed by atoms with van der Waals surface area (Å²) in [4.78, 5) is 10.8. The predicted molar refractivity (Wildman–Crippen MR) is 101 cm³/mol. The average Bonchev–Trinajstić information content (AvgIpc) is 2.72. The smallest absolute Gasteiger partial charge is 0.278 e. The summed E-state index contributed by atoms with van der Waals surface area (Å²) in [6.45, 7) is 0.0698. The number of aliphatic hydroxyl groups is 1. The fraction of sp³-hybridized carbons (Fsp3) is 0.143. The summed E-state index contributed by atoms with van der Waals surface area (Å²) < 4.78 is 11.6. The summed E-state index contributed by atoms with van der Waals surface area (Å²) in [5.74, 6) is 0.614. The van der Waals surface area contributed by atoms with E-state index >= 15 is 0 Å². The van der Waals surface area contributed by atoms with Gasteiger partial charge in [0.05, 0.1) is 23.2 Å². The maximum absolute atomic E-state index is 11.3. The molecule has 0 bridgehead atoms. The van der Waals surface area contributed by atoms with E-state index in [2.05, 4.69) is 0 Å². The molecule has 0 amide bonds. The van der Waals surface area contributed by atoms with Gasteiger partial charge in [0, 0.05) is 0 Å². The molecule has 0 atom stereocenters. The van der Waals surface area contributed by atoms with E-state index in [1.54, 1.807) is 0 Å². The van der Waals surface area contributed by atoms with Gasteiger partial charge in [0.2, 0.25) is 0 Å². The van der Waals surface area contributed by atoms with Crippen molar-refractivity contribution in [1.29, 1.82) is 0 Å². The summed E-state index contributed by atoms with van der Waals surface area (Å²) in [5.41, 5.74) is 1.86. The second kappa shape index (κ2) is 8.82. The minimum atomic E-state index is -0.540. The van der Waals surface area contributed by atoms with E-state index in [9.17, 15) is 15.2 Å². The summed E-state index contributed by atoms with van der Waals surface area (Å²) >= 11 is 0. The lowest BCUT2D eigenvalue weighted by molar-refractivity contribution is -0.386. The molecular weight excluding hydrogens is 346 g/mol. The SMILES string of the molecule is O=[N+]([O-])c1cc(OCc2ccccc2)c(OCc2ccccc2)cc1CO. The van der Waals surface area contributed by atoms with Crippen molar-refractivity contribution in [3.05, 3.63) is 99.6 Å². The van der Waals surface area contributed by atoms with Crippen LogP contribution in [-0.4, -0.2) is 10.0 Å². The molecule has 0 radical (unpaired) electrons. The second-order valence-electron chi connectivity index (χ2n) is 5.89. The maximum Gasteiger partial charge on any atom is 0.278 e. The molecule has 0 saturated heterocycles. The molecule has 0 heterocycles. The Labute approximate surface area is 156 Å². The van der Waals surface area contributed by atoms with Crippen LogP contribution in [-0.2, 0) is 19.8 Å². The van der Waals surface area contributed by atoms with Crippen LogP contribution in [0, 0.1) is 10.1 Å². The van der Waals surface area contributed by atoms with E-state index in [4.69, 9.17) is 9.47 Å². The van der Waals surface area contributed by atoms with E-state index in [1.807, 2.05) is 60.7 Å². The summed E-state index contributed by atoms with van der Waals surface area (Å²) in [6, 6.07) is 21.8. The Bertz CT molecular complexity index is 897. The molecule has 3 rings (SSSR count). The Balaban J connectivity index is 1.87. The van der Waals surface area contributed by atoms with Gasteiger partial charge in [-0.15, -0.1) is 0 Å². The first-order chi connectivity index (χ1) is 13.2. The first kappa shape index (κ1) is 18.4. The van der Waals surface area contributed by atoms with Crippen LogP contribution in [0.1, 0.15) is 16.7 Å². The highest BCUT2D eigenvalue weighted by atomic mass is 16.6. The molecule has 6 heteroatoms. The normalized spacial score (nSPS) is 10.4. The highest BCUT2D eigenvalue weighted by molar-refractivity contribution is 5.54. The number of aliphatic hydroxyl groups excluding tert-OH is 1. The number of nitro benzene ring substituents is 1. The highest BCUT2D eigenvalue weighted by Gasteiger charge is 2.20. The number of rotatable bonds is 8. The molecule has 27 heavy (non-hydrogen) atoms. The van der Waals surface area contributed by atoms with Crippen LogP contribution in [0.3, 0.4) is 0 Å². The molecule has 0 aromatic heterocycles. The molecule has 0 unspecified atom stereocenters. The van der Waals surface area contributed by atoms with Gasteiger partial charge in [-0.2, -0.15) is 0 Å². The van der Waals surface area contributed by atoms with E-state index in [0.29, 0.717) is 5.75 Å². The average molecular weight is 365 g/mol. The van der Waals surface area contributed by atoms with Gasteiger partial charge >= 0.3 is 0 Å². The molecule has 3 aromatic rings. The zero-order valence-corrected chi connectivity index (χ0v) is 14.6. The van der Waals surface area contributed by atoms with E-state index in [1.165, 1.54) is 12.1 Å². The fourth-order valence-electron chi connectivity index (χ4n) is 2.58. The molecule has 0 aliphatic rings. The monoisotopic (exact) mass is 365 g/mol. The molecular formula is C21H19NO5. The van der Waals surface area contributed by atoms with Crippen LogP contribution in [0.25, 0.3) is 0 Å². The molecule has 0 fully saturated rings. The van der Waals surface area contributed by atoms with Crippen LogP contribution in [0.4, 0.5) is 5.69 Å². The van der Waals surface area contributed by atoms with Gasteiger partial charge in [-0.3, -0.25) is 10.1 Å². The van der Waals surface area contributed by atoms with Crippen molar-refractivity contribution in [2.45, 2.75) is 19.8 Å². The third-order valence-corrected chi connectivity index (χ3v) is 3.99. The van der Waals surface area contributed by atoms with Gasteiger partial charge in [-0.25, -0.2) is 0 Å². The molecule has 138 valence electrons. The lowest BCUT2D eigenvalue weighted by Crippen LogP contribution is -2.04. The number of nitro groups is 1. The number of hydrogen-bond donors (Lipinski definition) is 1. The van der Waals surface area contributed by atoms with Crippen LogP contribution >= 0.6 is 0 Å². The largest absolute Gasteiger partial charge is 0.485 e. The van der Waals surface area contributed by atoms with E-state index in [-0.39, 0.29) is 30.2 Å². The van der Waals surface area contributed by atoms with Crippen LogP contribution in [0.2, 0.25) is 0 Å². The van der Waals surface area contributed by atoms with Crippen molar-refractivity contribution >= 4 is 5.69 Å². The minimum absolute atomic E-state index is 0.176. The number of benzene rings is 3. The van der Waals surface area contributed by atoms with Gasteiger partial charge in [-0.1, -0.05) is 60.7 Å². The van der Waals surface area contributed by atoms with Gasteiger partial charge < -0.3 is 14.6 Å². The van der Waals surface area contributed by atoms with Crippen molar-refractivity contribution in [3.8, 4) is 11.5 Å². The van der Waals surface area contributed by atoms with Crippen LogP contribution < -0.4 is 9.47 Å². The minimum Gasteiger partial charge on any atom is -0.485 e. The first-order valence-corrected chi connectivity index (χ1v) is 8.43. The molecule has 1 N–H and O–H groups in total. The van der Waals surface area contributed by atoms with E-state index < -0.39 is 11.5 Å². The standard InChI is InChI=1S/C21H19NO5/c23-13-18-11-20(26-14-16-7-3-1-4-8-16)21(12-19(18)22(24)25)27-15-17-9-5-2-6-10-17/h1-12,23H,13-15H2. The Morgan fingerprint density at radius 2 is 1.30 bits per heavy atom. The second-order valence-corrected chi connectivity index (χ2v) is 5.89. The Morgan fingerprint density at radius 3 is 1.74 bits per heavy atom. The fourth-order valence-corrected chi connectivity index (χ4v) is 2.58. The Kier molecular flexibility index (Phi) is 6.02. The van der Waals surface area contributed by atoms with E-state index in [0.717, 1.165) is 11.1 Å². The zero-order valence-electron chi connectivity index (χ0n) is 14.6. The van der Waals surface area contributed by atoms with Gasteiger partial charge in [-0.05, 0) is 17.2 Å². The Morgan fingerprint density at radius 1 is 0.815 bits per heavy atom. The number of ether oxygens (including phenoxy) is 2. The van der Waals surface area contributed by atoms with Gasteiger partial charge in [0.1, 0.15) is 13.2 Å². The summed E-state index contributed by atoms with van der Waals surface area (Å²) in [6.07, 6.45) is 0. The lowest BCUT2D eigenvalue weighted by atomic mass is 10.1. The van der Waals surface area contributed by atoms with Gasteiger partial charge in [0.15, 0.2) is 11.5 Å². The molecule has 0 saturated carbocycles. The lowest BCUT2D eigenvalue weighted by Gasteiger charge is -2.14. The van der Waals surface area contributed by atoms with Crippen molar-refractivity contribution in [2.75, 3.05) is 0 Å². The predicted octanol–water partition coefficient (Wildman–Crippen LogP) is 4.25. The van der Waals surface area contributed by atoms with Crippen LogP contribution in [0.15, 0.2) is 72.8 Å². The quantitative estimate of drug-likeness (QED) is 0.477. The first-order valence-electron chi connectivity index (χ1n) is 8.43. The summed E-state index contributed by atoms with van der Waals surface area (Å²) in [5, 5.41) is 20.8. The maximum atomic E-state index is 11.3. The van der Waals surface area contributed by atoms with Crippen LogP contribution in [0.5, 0.6) is 11.5 Å². The van der Waals surface area contributed by atoms with Gasteiger partial charge in [0.25, 0.3) is 5.69 Å². The third-order valence-electron chi connectivity index (χ3n) is 3.99. The molecule has 3 aromatic carbocycles. The zero-order chi connectivity index (χ0) is 19.1. The third kappa shape index (κ3) is 4.83. The Hall–Kier alpha value is -3.38. The molecule has 6 nitrogen and oxygen atoms in total. The van der Waals surface area contributed by atoms with Crippen molar-refractivity contribution < 1.29 is 19.5 Å². The molecule has 0 aliphatic carbocycles. The van der Waals surface area contributed by atoms with Crippen molar-refractivity contribution in [2.24, 2.45) is 0 Å². The molecule has 0 aliphatic heterocycles. The van der Waals surface area contributed by atoms with Crippen molar-refractivity contribution in [1.82, 2.24) is 0 Å². The molecule has 0 spiro atoms. The van der Waals surface area contributed by atoms with Crippen molar-refractivity contribution in [3.63, 3.8) is 0 Å². The number of nitrogens with zero attached hydrogens (tertiary/aromatic N) is 1. The highest BCUT2D eigenvalue weighted by Crippen LogP contribution is 2.36.